The van der Waals surface area contributed by atoms with Crippen LogP contribution in [0.1, 0.15) is 23.3 Å². The average molecular weight is 286 g/mol. The number of aromatic nitrogens is 1. The molecule has 0 aromatic carbocycles. The molecule has 0 aliphatic carbocycles. The third-order valence-corrected chi connectivity index (χ3v) is 3.44. The van der Waals surface area contributed by atoms with Gasteiger partial charge in [-0.05, 0) is 25.0 Å². The molecule has 1 aliphatic heterocycles. The summed E-state index contributed by atoms with van der Waals surface area (Å²) in [7, 11) is 0. The van der Waals surface area contributed by atoms with Gasteiger partial charge in [-0.3, -0.25) is 9.59 Å². The van der Waals surface area contributed by atoms with Crippen LogP contribution in [0.3, 0.4) is 0 Å². The molecule has 0 spiro atoms. The Morgan fingerprint density at radius 3 is 2.85 bits per heavy atom. The molecule has 1 aromatic rings. The Labute approximate surface area is 114 Å². The van der Waals surface area contributed by atoms with E-state index in [1.54, 1.807) is 0 Å². The lowest BCUT2D eigenvalue weighted by Gasteiger charge is -2.30. The van der Waals surface area contributed by atoms with Crippen molar-refractivity contribution < 1.29 is 23.5 Å². The van der Waals surface area contributed by atoms with Gasteiger partial charge in [-0.15, -0.1) is 0 Å². The van der Waals surface area contributed by atoms with E-state index in [1.807, 2.05) is 0 Å². The summed E-state index contributed by atoms with van der Waals surface area (Å²) in [5, 5.41) is 9.00. The van der Waals surface area contributed by atoms with Crippen LogP contribution in [0.5, 0.6) is 0 Å². The minimum atomic E-state index is -2.54. The number of hydrogen-bond acceptors (Lipinski definition) is 2. The lowest BCUT2D eigenvalue weighted by Crippen LogP contribution is -2.43. The first kappa shape index (κ1) is 14.5. The number of carboxylic acid groups (broad SMARTS) is 1. The quantitative estimate of drug-likeness (QED) is 0.916. The van der Waals surface area contributed by atoms with E-state index in [2.05, 4.69) is 0 Å². The van der Waals surface area contributed by atoms with Gasteiger partial charge in [0.1, 0.15) is 5.69 Å². The number of carbonyl (C=O) groups is 2. The van der Waals surface area contributed by atoms with Crippen molar-refractivity contribution in [2.24, 2.45) is 5.92 Å². The SMILES string of the molecule is O=C(O)[C@H]1CCCN(C(=O)c2cccn2CC(F)F)C1. The highest BCUT2D eigenvalue weighted by atomic mass is 19.3. The molecule has 5 nitrogen and oxygen atoms in total. The molecule has 1 saturated heterocycles. The summed E-state index contributed by atoms with van der Waals surface area (Å²) in [5.74, 6) is -1.89. The van der Waals surface area contributed by atoms with Crippen molar-refractivity contribution in [3.8, 4) is 0 Å². The summed E-state index contributed by atoms with van der Waals surface area (Å²) < 4.78 is 26.1. The van der Waals surface area contributed by atoms with Gasteiger partial charge in [-0.1, -0.05) is 0 Å². The Kier molecular flexibility index (Phi) is 4.36. The fraction of sp³-hybridized carbons (Fsp3) is 0.538. The van der Waals surface area contributed by atoms with Gasteiger partial charge in [0.2, 0.25) is 0 Å². The van der Waals surface area contributed by atoms with E-state index in [1.165, 1.54) is 27.8 Å². The highest BCUT2D eigenvalue weighted by molar-refractivity contribution is 5.93. The Balaban J connectivity index is 2.11. The van der Waals surface area contributed by atoms with Crippen molar-refractivity contribution in [1.82, 2.24) is 9.47 Å². The highest BCUT2D eigenvalue weighted by Gasteiger charge is 2.29. The molecule has 1 aromatic heterocycles. The minimum Gasteiger partial charge on any atom is -0.481 e. The van der Waals surface area contributed by atoms with Crippen LogP contribution in [0.25, 0.3) is 0 Å². The molecule has 1 amide bonds. The summed E-state index contributed by atoms with van der Waals surface area (Å²) in [6.45, 7) is 0.0563. The third-order valence-electron chi connectivity index (χ3n) is 3.44. The zero-order chi connectivity index (χ0) is 14.7. The van der Waals surface area contributed by atoms with E-state index >= 15 is 0 Å². The van der Waals surface area contributed by atoms with Gasteiger partial charge in [0.15, 0.2) is 0 Å². The maximum atomic E-state index is 12.4. The van der Waals surface area contributed by atoms with Crippen LogP contribution in [0.4, 0.5) is 8.78 Å². The number of hydrogen-bond donors (Lipinski definition) is 1. The van der Waals surface area contributed by atoms with Crippen molar-refractivity contribution in [2.75, 3.05) is 13.1 Å². The molecule has 20 heavy (non-hydrogen) atoms. The van der Waals surface area contributed by atoms with Crippen molar-refractivity contribution >= 4 is 11.9 Å². The van der Waals surface area contributed by atoms with Gasteiger partial charge in [0.25, 0.3) is 12.3 Å². The van der Waals surface area contributed by atoms with Crippen LogP contribution in [-0.4, -0.2) is 46.0 Å². The smallest absolute Gasteiger partial charge is 0.308 e. The van der Waals surface area contributed by atoms with Crippen LogP contribution in [0.2, 0.25) is 0 Å². The summed E-state index contributed by atoms with van der Waals surface area (Å²) in [6, 6.07) is 3.02. The van der Waals surface area contributed by atoms with Crippen LogP contribution in [-0.2, 0) is 11.3 Å². The van der Waals surface area contributed by atoms with Gasteiger partial charge in [-0.25, -0.2) is 8.78 Å². The van der Waals surface area contributed by atoms with Gasteiger partial charge in [-0.2, -0.15) is 0 Å². The molecular formula is C13H16F2N2O3. The molecule has 2 rings (SSSR count). The summed E-state index contributed by atoms with van der Waals surface area (Å²) in [5.41, 5.74) is 0.177. The summed E-state index contributed by atoms with van der Waals surface area (Å²) >= 11 is 0. The number of carboxylic acids is 1. The van der Waals surface area contributed by atoms with Crippen molar-refractivity contribution in [2.45, 2.75) is 25.8 Å². The Morgan fingerprint density at radius 2 is 2.20 bits per heavy atom. The fourth-order valence-electron chi connectivity index (χ4n) is 2.44. The number of carbonyl (C=O) groups excluding carboxylic acids is 1. The van der Waals surface area contributed by atoms with Crippen LogP contribution in [0, 0.1) is 5.92 Å². The van der Waals surface area contributed by atoms with E-state index in [0.717, 1.165) is 0 Å². The molecule has 0 bridgehead atoms. The Morgan fingerprint density at radius 1 is 1.45 bits per heavy atom. The van der Waals surface area contributed by atoms with Crippen molar-refractivity contribution in [3.05, 3.63) is 24.0 Å². The third kappa shape index (κ3) is 3.15. The molecule has 2 heterocycles. The number of likely N-dealkylation sites (tertiary alicyclic amines) is 1. The Hall–Kier alpha value is -1.92. The number of piperidine rings is 1. The lowest BCUT2D eigenvalue weighted by atomic mass is 9.98. The lowest BCUT2D eigenvalue weighted by molar-refractivity contribution is -0.143. The highest BCUT2D eigenvalue weighted by Crippen LogP contribution is 2.19. The number of halogens is 2. The molecule has 1 atom stereocenters. The number of nitrogens with zero attached hydrogens (tertiary/aromatic N) is 2. The van der Waals surface area contributed by atoms with Gasteiger partial charge >= 0.3 is 5.97 Å². The molecule has 110 valence electrons. The fourth-order valence-corrected chi connectivity index (χ4v) is 2.44. The van der Waals surface area contributed by atoms with Crippen molar-refractivity contribution in [3.63, 3.8) is 0 Å². The molecular weight excluding hydrogens is 270 g/mol. The molecule has 1 fully saturated rings. The first-order chi connectivity index (χ1) is 9.49. The largest absolute Gasteiger partial charge is 0.481 e. The van der Waals surface area contributed by atoms with Crippen molar-refractivity contribution in [1.29, 1.82) is 0 Å². The van der Waals surface area contributed by atoms with Gasteiger partial charge in [0, 0.05) is 19.3 Å². The molecule has 0 saturated carbocycles. The summed E-state index contributed by atoms with van der Waals surface area (Å²) in [6.07, 6.45) is 0.0371. The second-order valence-electron chi connectivity index (χ2n) is 4.87. The monoisotopic (exact) mass is 286 g/mol. The van der Waals surface area contributed by atoms with E-state index < -0.39 is 24.9 Å². The predicted molar refractivity (Wildman–Crippen MR) is 66.7 cm³/mol. The van der Waals surface area contributed by atoms with E-state index in [4.69, 9.17) is 5.11 Å². The predicted octanol–water partition coefficient (Wildman–Crippen LogP) is 1.69. The Bertz CT molecular complexity index is 502. The number of rotatable bonds is 4. The van der Waals surface area contributed by atoms with Crippen LogP contribution in [0.15, 0.2) is 18.3 Å². The first-order valence-corrected chi connectivity index (χ1v) is 6.44. The second kappa shape index (κ2) is 6.02. The molecule has 0 unspecified atom stereocenters. The maximum Gasteiger partial charge on any atom is 0.308 e. The zero-order valence-electron chi connectivity index (χ0n) is 10.8. The van der Waals surface area contributed by atoms with Gasteiger partial charge < -0.3 is 14.6 Å². The number of aliphatic carboxylic acids is 1. The van der Waals surface area contributed by atoms with Crippen LogP contribution < -0.4 is 0 Å². The second-order valence-corrected chi connectivity index (χ2v) is 4.87. The van der Waals surface area contributed by atoms with E-state index in [9.17, 15) is 18.4 Å². The first-order valence-electron chi connectivity index (χ1n) is 6.44. The molecule has 7 heteroatoms. The average Bonchev–Trinajstić information content (AvgIpc) is 2.85. The molecule has 0 radical (unpaired) electrons. The standard InChI is InChI=1S/C13H16F2N2O3/c14-11(15)8-16-5-2-4-10(16)12(18)17-6-1-3-9(7-17)13(19)20/h2,4-5,9,11H,1,3,6-8H2,(H,19,20)/t9-/m0/s1. The van der Waals surface area contributed by atoms with Gasteiger partial charge in [0.05, 0.1) is 12.5 Å². The molecule has 1 N–H and O–H groups in total. The normalized spacial score (nSPS) is 19.4. The minimum absolute atomic E-state index is 0.133. The van der Waals surface area contributed by atoms with E-state index in [-0.39, 0.29) is 18.1 Å². The number of amides is 1. The summed E-state index contributed by atoms with van der Waals surface area (Å²) in [4.78, 5) is 24.7. The number of alkyl halides is 2. The topological polar surface area (TPSA) is 62.5 Å². The van der Waals surface area contributed by atoms with Crippen LogP contribution >= 0.6 is 0 Å². The molecule has 1 aliphatic rings. The maximum absolute atomic E-state index is 12.4. The van der Waals surface area contributed by atoms with E-state index in [0.29, 0.717) is 19.4 Å². The zero-order valence-corrected chi connectivity index (χ0v) is 10.8.